The van der Waals surface area contributed by atoms with Crippen molar-refractivity contribution in [2.24, 2.45) is 0 Å². The highest BCUT2D eigenvalue weighted by Gasteiger charge is 2.22. The van der Waals surface area contributed by atoms with Crippen molar-refractivity contribution in [2.45, 2.75) is 13.0 Å². The smallest absolute Gasteiger partial charge is 0.261 e. The number of H-pyrrole nitrogens is 2. The van der Waals surface area contributed by atoms with E-state index in [2.05, 4.69) is 27.2 Å². The standard InChI is InChI=1S/C22H22N6O2/c1-12-11-28(9-8-24-12)22(30)13-6-7-16-17(10-13)26-20(25-16)18-19(23)14-4-2-3-5-15(14)27-21(18)29/h2-7,10,12,24H,8-9,11H2,1H3,(H,25,26)(H3,23,27,29)/t12-/m1/s1. The van der Waals surface area contributed by atoms with Gasteiger partial charge in [-0.05, 0) is 31.2 Å². The molecule has 0 bridgehead atoms. The van der Waals surface area contributed by atoms with Crippen LogP contribution in [0, 0.1) is 0 Å². The summed E-state index contributed by atoms with van der Waals surface area (Å²) in [6.45, 7) is 4.20. The Labute approximate surface area is 172 Å². The van der Waals surface area contributed by atoms with Crippen molar-refractivity contribution in [1.82, 2.24) is 25.2 Å². The summed E-state index contributed by atoms with van der Waals surface area (Å²) in [5.41, 5.74) is 9.30. The number of hydrogen-bond donors (Lipinski definition) is 4. The highest BCUT2D eigenvalue weighted by molar-refractivity contribution is 5.99. The number of imidazole rings is 1. The van der Waals surface area contributed by atoms with Crippen molar-refractivity contribution in [1.29, 1.82) is 0 Å². The van der Waals surface area contributed by atoms with Gasteiger partial charge < -0.3 is 25.9 Å². The molecule has 1 atom stereocenters. The van der Waals surface area contributed by atoms with Crippen LogP contribution in [-0.4, -0.2) is 51.4 Å². The van der Waals surface area contributed by atoms with Crippen molar-refractivity contribution in [2.75, 3.05) is 25.4 Å². The number of aromatic amines is 2. The quantitative estimate of drug-likeness (QED) is 0.409. The third-order valence-corrected chi connectivity index (χ3v) is 5.58. The molecule has 3 heterocycles. The van der Waals surface area contributed by atoms with Gasteiger partial charge >= 0.3 is 0 Å². The van der Waals surface area contributed by atoms with Gasteiger partial charge in [0.15, 0.2) is 0 Å². The molecule has 0 spiro atoms. The summed E-state index contributed by atoms with van der Waals surface area (Å²) < 4.78 is 0. The zero-order valence-corrected chi connectivity index (χ0v) is 16.5. The van der Waals surface area contributed by atoms with E-state index in [0.29, 0.717) is 52.3 Å². The van der Waals surface area contributed by atoms with Crippen LogP contribution < -0.4 is 16.6 Å². The molecule has 0 saturated carbocycles. The van der Waals surface area contributed by atoms with Crippen LogP contribution in [0.3, 0.4) is 0 Å². The molecule has 0 aliphatic carbocycles. The summed E-state index contributed by atoms with van der Waals surface area (Å²) in [5.74, 6) is 0.374. The molecule has 1 aliphatic heterocycles. The number of carbonyl (C=O) groups is 1. The molecule has 1 amide bonds. The first-order chi connectivity index (χ1) is 14.5. The zero-order chi connectivity index (χ0) is 20.8. The maximum atomic E-state index is 12.9. The normalized spacial score (nSPS) is 17.0. The van der Waals surface area contributed by atoms with E-state index in [1.165, 1.54) is 0 Å². The van der Waals surface area contributed by atoms with Gasteiger partial charge in [-0.15, -0.1) is 0 Å². The molecule has 8 heteroatoms. The summed E-state index contributed by atoms with van der Waals surface area (Å²) in [4.78, 5) is 38.0. The highest BCUT2D eigenvalue weighted by atomic mass is 16.2. The summed E-state index contributed by atoms with van der Waals surface area (Å²) >= 11 is 0. The number of nitrogens with one attached hydrogen (secondary N) is 3. The SMILES string of the molecule is C[C@@H]1CN(C(=O)c2ccc3nc(-c4c(N)c5ccccc5[nH]c4=O)[nH]c3c2)CCN1. The molecule has 152 valence electrons. The van der Waals surface area contributed by atoms with E-state index in [4.69, 9.17) is 5.73 Å². The van der Waals surface area contributed by atoms with Gasteiger partial charge in [-0.1, -0.05) is 18.2 Å². The lowest BCUT2D eigenvalue weighted by molar-refractivity contribution is 0.0709. The molecule has 1 aliphatic rings. The van der Waals surface area contributed by atoms with Crippen molar-refractivity contribution in [3.63, 3.8) is 0 Å². The molecule has 2 aromatic carbocycles. The van der Waals surface area contributed by atoms with E-state index in [9.17, 15) is 9.59 Å². The van der Waals surface area contributed by atoms with Crippen LogP contribution in [0.5, 0.6) is 0 Å². The Morgan fingerprint density at radius 3 is 2.83 bits per heavy atom. The van der Waals surface area contributed by atoms with Gasteiger partial charge in [0.2, 0.25) is 0 Å². The Morgan fingerprint density at radius 1 is 1.17 bits per heavy atom. The number of nitrogens with two attached hydrogens (primary N) is 1. The number of amides is 1. The Balaban J connectivity index is 1.56. The molecular formula is C22H22N6O2. The largest absolute Gasteiger partial charge is 0.397 e. The van der Waals surface area contributed by atoms with E-state index < -0.39 is 0 Å². The molecule has 8 nitrogen and oxygen atoms in total. The molecule has 1 fully saturated rings. The molecule has 1 saturated heterocycles. The minimum atomic E-state index is -0.309. The topological polar surface area (TPSA) is 120 Å². The fourth-order valence-corrected chi connectivity index (χ4v) is 4.06. The maximum Gasteiger partial charge on any atom is 0.261 e. The minimum Gasteiger partial charge on any atom is -0.397 e. The van der Waals surface area contributed by atoms with Gasteiger partial charge in [0.25, 0.3) is 11.5 Å². The maximum absolute atomic E-state index is 12.9. The highest BCUT2D eigenvalue weighted by Crippen LogP contribution is 2.28. The fraction of sp³-hybridized carbons (Fsp3) is 0.227. The third-order valence-electron chi connectivity index (χ3n) is 5.58. The number of hydrogen-bond acceptors (Lipinski definition) is 5. The lowest BCUT2D eigenvalue weighted by atomic mass is 10.1. The number of aromatic nitrogens is 3. The minimum absolute atomic E-state index is 0.00975. The first kappa shape index (κ1) is 18.4. The Bertz CT molecular complexity index is 1340. The summed E-state index contributed by atoms with van der Waals surface area (Å²) in [5, 5.41) is 4.10. The zero-order valence-electron chi connectivity index (χ0n) is 16.5. The second-order valence-electron chi connectivity index (χ2n) is 7.71. The number of fused-ring (bicyclic) bond motifs is 2. The molecule has 4 aromatic rings. The van der Waals surface area contributed by atoms with Crippen LogP contribution in [0.15, 0.2) is 47.3 Å². The van der Waals surface area contributed by atoms with E-state index in [1.807, 2.05) is 29.2 Å². The van der Waals surface area contributed by atoms with Gasteiger partial charge in [-0.3, -0.25) is 9.59 Å². The molecule has 30 heavy (non-hydrogen) atoms. The number of para-hydroxylation sites is 1. The molecule has 2 aromatic heterocycles. The van der Waals surface area contributed by atoms with Gasteiger partial charge in [0.05, 0.1) is 22.2 Å². The second-order valence-corrected chi connectivity index (χ2v) is 7.71. The van der Waals surface area contributed by atoms with Crippen molar-refractivity contribution >= 4 is 33.5 Å². The van der Waals surface area contributed by atoms with E-state index in [0.717, 1.165) is 11.9 Å². The van der Waals surface area contributed by atoms with Crippen LogP contribution in [0.25, 0.3) is 33.3 Å². The average Bonchev–Trinajstić information content (AvgIpc) is 3.16. The van der Waals surface area contributed by atoms with Crippen LogP contribution >= 0.6 is 0 Å². The summed E-state index contributed by atoms with van der Waals surface area (Å²) in [6.07, 6.45) is 0. The number of piperazine rings is 1. The van der Waals surface area contributed by atoms with Crippen LogP contribution in [0.2, 0.25) is 0 Å². The molecule has 0 radical (unpaired) electrons. The monoisotopic (exact) mass is 402 g/mol. The number of anilines is 1. The van der Waals surface area contributed by atoms with Crippen molar-refractivity contribution in [3.05, 3.63) is 58.4 Å². The lowest BCUT2D eigenvalue weighted by Crippen LogP contribution is -2.51. The van der Waals surface area contributed by atoms with Gasteiger partial charge in [-0.25, -0.2) is 4.98 Å². The summed E-state index contributed by atoms with van der Waals surface area (Å²) in [6, 6.07) is 13.0. The first-order valence-electron chi connectivity index (χ1n) is 9.94. The van der Waals surface area contributed by atoms with E-state index in [-0.39, 0.29) is 17.5 Å². The second kappa shape index (κ2) is 7.00. The number of rotatable bonds is 2. The Morgan fingerprint density at radius 2 is 2.00 bits per heavy atom. The average molecular weight is 402 g/mol. The fourth-order valence-electron chi connectivity index (χ4n) is 4.06. The first-order valence-corrected chi connectivity index (χ1v) is 9.94. The Kier molecular flexibility index (Phi) is 4.29. The lowest BCUT2D eigenvalue weighted by Gasteiger charge is -2.31. The van der Waals surface area contributed by atoms with Crippen LogP contribution in [0.1, 0.15) is 17.3 Å². The van der Waals surface area contributed by atoms with Crippen LogP contribution in [0.4, 0.5) is 5.69 Å². The molecule has 0 unspecified atom stereocenters. The number of nitrogens with zero attached hydrogens (tertiary/aromatic N) is 2. The van der Waals surface area contributed by atoms with E-state index >= 15 is 0 Å². The summed E-state index contributed by atoms with van der Waals surface area (Å²) in [7, 11) is 0. The molecule has 5 rings (SSSR count). The third kappa shape index (κ3) is 3.02. The number of benzene rings is 2. The van der Waals surface area contributed by atoms with Gasteiger partial charge in [0, 0.05) is 36.6 Å². The van der Waals surface area contributed by atoms with Gasteiger partial charge in [-0.2, -0.15) is 0 Å². The van der Waals surface area contributed by atoms with Crippen molar-refractivity contribution in [3.8, 4) is 11.4 Å². The molecular weight excluding hydrogens is 380 g/mol. The van der Waals surface area contributed by atoms with Crippen molar-refractivity contribution < 1.29 is 4.79 Å². The number of carbonyl (C=O) groups excluding carboxylic acids is 1. The predicted molar refractivity (Wildman–Crippen MR) is 117 cm³/mol. The number of nitrogen functional groups attached to an aromatic ring is 1. The predicted octanol–water partition coefficient (Wildman–Crippen LogP) is 2.09. The van der Waals surface area contributed by atoms with E-state index in [1.54, 1.807) is 18.2 Å². The van der Waals surface area contributed by atoms with Gasteiger partial charge in [0.1, 0.15) is 11.4 Å². The van der Waals surface area contributed by atoms with Crippen LogP contribution in [-0.2, 0) is 0 Å². The number of pyridine rings is 1. The molecule has 5 N–H and O–H groups in total. The Hall–Kier alpha value is -3.65.